The van der Waals surface area contributed by atoms with Crippen molar-refractivity contribution < 1.29 is 24.0 Å². The largest absolute Gasteiger partial charge is 0.399 e. The molecule has 1 unspecified atom stereocenters. The maximum atomic E-state index is 13.3. The molecular weight excluding hydrogens is 688 g/mol. The summed E-state index contributed by atoms with van der Waals surface area (Å²) in [5.41, 5.74) is 1.93. The first-order valence-corrected chi connectivity index (χ1v) is 17.0. The zero-order chi connectivity index (χ0) is 34.1. The lowest BCUT2D eigenvalue weighted by atomic mass is 9.89. The first kappa shape index (κ1) is 37.4. The van der Waals surface area contributed by atoms with Gasteiger partial charge in [-0.3, -0.25) is 19.3 Å². The fraction of sp³-hybridized carbons (Fsp3) is 0.515. The molecule has 2 heterocycles. The van der Waals surface area contributed by atoms with Crippen LogP contribution < -0.4 is 0 Å². The Morgan fingerprint density at radius 3 is 2.28 bits per heavy atom. The Morgan fingerprint density at radius 2 is 1.66 bits per heavy atom. The van der Waals surface area contributed by atoms with Crippen molar-refractivity contribution >= 4 is 69.7 Å². The number of amides is 2. The highest BCUT2D eigenvalue weighted by molar-refractivity contribution is 6.42. The van der Waals surface area contributed by atoms with Gasteiger partial charge in [0.1, 0.15) is 13.7 Å². The molecule has 256 valence electrons. The van der Waals surface area contributed by atoms with E-state index >= 15 is 0 Å². The Labute approximate surface area is 296 Å². The van der Waals surface area contributed by atoms with Crippen LogP contribution >= 0.6 is 46.4 Å². The molecule has 2 saturated heterocycles. The molecule has 4 rings (SSSR count). The molecule has 47 heavy (non-hydrogen) atoms. The summed E-state index contributed by atoms with van der Waals surface area (Å²) >= 11 is 25.0. The second-order valence-corrected chi connectivity index (χ2v) is 13.6. The zero-order valence-electron chi connectivity index (χ0n) is 26.9. The van der Waals surface area contributed by atoms with Crippen LogP contribution in [0.4, 0.5) is 0 Å². The molecule has 1 atom stereocenters. The molecule has 0 saturated carbocycles. The van der Waals surface area contributed by atoms with Crippen LogP contribution in [0, 0.1) is 0 Å². The lowest BCUT2D eigenvalue weighted by molar-refractivity contribution is -0.140. The van der Waals surface area contributed by atoms with Gasteiger partial charge in [0, 0.05) is 67.9 Å². The van der Waals surface area contributed by atoms with E-state index in [1.165, 1.54) is 14.2 Å². The van der Waals surface area contributed by atoms with Crippen LogP contribution in [0.25, 0.3) is 0 Å². The van der Waals surface area contributed by atoms with Crippen molar-refractivity contribution in [2.45, 2.75) is 31.2 Å². The van der Waals surface area contributed by atoms with E-state index in [9.17, 15) is 14.4 Å². The number of hydrogen-bond donors (Lipinski definition) is 0. The predicted molar refractivity (Wildman–Crippen MR) is 186 cm³/mol. The lowest BCUT2D eigenvalue weighted by Crippen LogP contribution is -2.57. The molecule has 0 radical (unpaired) electrons. The molecule has 2 amide bonds. The third kappa shape index (κ3) is 10.5. The van der Waals surface area contributed by atoms with Crippen molar-refractivity contribution in [2.24, 2.45) is 5.16 Å². The third-order valence-electron chi connectivity index (χ3n) is 8.59. The fourth-order valence-electron chi connectivity index (χ4n) is 6.27. The van der Waals surface area contributed by atoms with Crippen molar-refractivity contribution in [1.29, 1.82) is 0 Å². The summed E-state index contributed by atoms with van der Waals surface area (Å²) in [4.78, 5) is 51.4. The van der Waals surface area contributed by atoms with Crippen LogP contribution in [0.2, 0.25) is 20.1 Å². The number of ether oxygens (including phenoxy) is 1. The van der Waals surface area contributed by atoms with Crippen LogP contribution in [0.3, 0.4) is 0 Å². The molecule has 2 fully saturated rings. The molecule has 14 heteroatoms. The number of likely N-dealkylation sites (tertiary alicyclic amines) is 1. The predicted octanol–water partition coefficient (Wildman–Crippen LogP) is 5.37. The Balaban J connectivity index is 1.40. The third-order valence-corrected chi connectivity index (χ3v) is 9.76. The molecule has 2 aromatic rings. The average molecular weight is 730 g/mol. The van der Waals surface area contributed by atoms with E-state index in [1.54, 1.807) is 36.2 Å². The lowest BCUT2D eigenvalue weighted by Gasteiger charge is -2.42. The summed E-state index contributed by atoms with van der Waals surface area (Å²) in [6.45, 7) is 4.46. The van der Waals surface area contributed by atoms with Crippen LogP contribution in [0.15, 0.2) is 41.6 Å². The number of piperidine rings is 1. The minimum Gasteiger partial charge on any atom is -0.399 e. The van der Waals surface area contributed by atoms with Gasteiger partial charge < -0.3 is 24.3 Å². The number of rotatable bonds is 14. The number of benzene rings is 2. The van der Waals surface area contributed by atoms with Crippen molar-refractivity contribution in [1.82, 2.24) is 19.6 Å². The molecule has 0 aromatic heterocycles. The van der Waals surface area contributed by atoms with Gasteiger partial charge in [-0.1, -0.05) is 57.6 Å². The molecule has 0 spiro atoms. The molecule has 0 aliphatic carbocycles. The van der Waals surface area contributed by atoms with E-state index in [2.05, 4.69) is 10.1 Å². The van der Waals surface area contributed by atoms with Gasteiger partial charge >= 0.3 is 0 Å². The van der Waals surface area contributed by atoms with E-state index in [0.29, 0.717) is 50.9 Å². The number of hydrogen-bond acceptors (Lipinski definition) is 8. The van der Waals surface area contributed by atoms with Gasteiger partial charge in [-0.25, -0.2) is 0 Å². The zero-order valence-corrected chi connectivity index (χ0v) is 29.9. The van der Waals surface area contributed by atoms with Crippen LogP contribution in [-0.2, 0) is 19.2 Å². The molecule has 2 aliphatic heterocycles. The van der Waals surface area contributed by atoms with Crippen LogP contribution in [-0.4, -0.2) is 129 Å². The number of Topliss-reactive ketones (excluding diaryl/α,β-unsaturated/α-hetero) is 1. The number of piperazine rings is 1. The van der Waals surface area contributed by atoms with Crippen molar-refractivity contribution in [3.8, 4) is 0 Å². The number of carbonyl (C=O) groups is 3. The normalized spacial score (nSPS) is 17.6. The van der Waals surface area contributed by atoms with Gasteiger partial charge in [-0.2, -0.15) is 0 Å². The van der Waals surface area contributed by atoms with Crippen molar-refractivity contribution in [3.05, 3.63) is 67.6 Å². The topological polar surface area (TPSA) is 95.0 Å². The van der Waals surface area contributed by atoms with E-state index in [-0.39, 0.29) is 55.8 Å². The number of ketones is 1. The summed E-state index contributed by atoms with van der Waals surface area (Å²) in [5, 5.41) is 6.01. The summed E-state index contributed by atoms with van der Waals surface area (Å²) < 4.78 is 4.92. The molecule has 2 aliphatic rings. The molecule has 10 nitrogen and oxygen atoms in total. The van der Waals surface area contributed by atoms with Crippen LogP contribution in [0.1, 0.15) is 41.1 Å². The Bertz CT molecular complexity index is 1430. The monoisotopic (exact) mass is 727 g/mol. The Morgan fingerprint density at radius 1 is 0.957 bits per heavy atom. The maximum Gasteiger partial charge on any atom is 0.254 e. The quantitative estimate of drug-likeness (QED) is 0.191. The summed E-state index contributed by atoms with van der Waals surface area (Å²) in [6, 6.07) is 10.4. The first-order valence-electron chi connectivity index (χ1n) is 15.5. The average Bonchev–Trinajstić information content (AvgIpc) is 3.02. The number of carbonyl (C=O) groups excluding carboxylic acids is 3. The number of methoxy groups -OCH3 is 1. The Hall–Kier alpha value is -2.44. The van der Waals surface area contributed by atoms with Crippen molar-refractivity contribution in [3.63, 3.8) is 0 Å². The van der Waals surface area contributed by atoms with E-state index in [0.717, 1.165) is 38.0 Å². The second kappa shape index (κ2) is 17.8. The van der Waals surface area contributed by atoms with E-state index in [4.69, 9.17) is 56.0 Å². The summed E-state index contributed by atoms with van der Waals surface area (Å²) in [6.07, 6.45) is 2.41. The van der Waals surface area contributed by atoms with E-state index in [1.807, 2.05) is 21.9 Å². The molecule has 0 bridgehead atoms. The van der Waals surface area contributed by atoms with Crippen LogP contribution in [0.5, 0.6) is 0 Å². The Kier molecular flexibility index (Phi) is 14.2. The molecule has 0 N–H and O–H groups in total. The van der Waals surface area contributed by atoms with Gasteiger partial charge in [-0.15, -0.1) is 0 Å². The SMILES string of the molecule is COCC(=O)CN1CCN(C2CCN(CCC(/C(CN(C)C(=O)c3cc(Cl)cc(Cl)c3)=N/OC)c3ccc(Cl)c(Cl)c3)CC2)C(=O)C1. The maximum absolute atomic E-state index is 13.3. The highest BCUT2D eigenvalue weighted by Crippen LogP contribution is 2.31. The highest BCUT2D eigenvalue weighted by Gasteiger charge is 2.33. The fourth-order valence-corrected chi connectivity index (χ4v) is 7.10. The first-order chi connectivity index (χ1) is 22.5. The smallest absolute Gasteiger partial charge is 0.254 e. The van der Waals surface area contributed by atoms with Gasteiger partial charge in [0.15, 0.2) is 5.78 Å². The van der Waals surface area contributed by atoms with Crippen molar-refractivity contribution in [2.75, 3.05) is 80.2 Å². The minimum atomic E-state index is -0.259. The number of nitrogens with zero attached hydrogens (tertiary/aromatic N) is 5. The summed E-state index contributed by atoms with van der Waals surface area (Å²) in [5.74, 6) is -0.441. The second-order valence-electron chi connectivity index (χ2n) is 11.9. The van der Waals surface area contributed by atoms with Gasteiger partial charge in [0.05, 0.1) is 35.4 Å². The highest BCUT2D eigenvalue weighted by atomic mass is 35.5. The molecular formula is C33H41Cl4N5O5. The van der Waals surface area contributed by atoms with E-state index < -0.39 is 0 Å². The molecule has 2 aromatic carbocycles. The van der Waals surface area contributed by atoms with Gasteiger partial charge in [0.2, 0.25) is 5.91 Å². The van der Waals surface area contributed by atoms with Gasteiger partial charge in [-0.05, 0) is 61.7 Å². The summed E-state index contributed by atoms with van der Waals surface area (Å²) in [7, 11) is 4.67. The van der Waals surface area contributed by atoms with Gasteiger partial charge in [0.25, 0.3) is 5.91 Å². The number of oxime groups is 1. The minimum absolute atomic E-state index is 0.0239. The standard InChI is InChI=1S/C33H41Cl4N5O5/c1-39(33(45)23-14-24(34)17-25(35)15-23)19-31(38-47-3)28(22-4-5-29(36)30(37)16-22)8-11-40-9-6-26(7-10-40)42-13-12-41(20-32(42)44)18-27(43)21-46-2/h4-5,14-17,26,28H,6-13,18-21H2,1-3H3/b38-31+. The number of halogens is 4.